The van der Waals surface area contributed by atoms with Gasteiger partial charge in [0.15, 0.2) is 5.82 Å². The second-order valence-corrected chi connectivity index (χ2v) is 5.32. The highest BCUT2D eigenvalue weighted by molar-refractivity contribution is 5.93. The monoisotopic (exact) mass is 274 g/mol. The number of amides is 1. The average Bonchev–Trinajstić information content (AvgIpc) is 2.84. The number of rotatable bonds is 6. The van der Waals surface area contributed by atoms with Gasteiger partial charge < -0.3 is 5.32 Å². The third-order valence-electron chi connectivity index (χ3n) is 3.34. The zero-order chi connectivity index (χ0) is 14.5. The summed E-state index contributed by atoms with van der Waals surface area (Å²) in [5.41, 5.74) is 1.96. The van der Waals surface area contributed by atoms with Gasteiger partial charge in [-0.25, -0.2) is 9.50 Å². The van der Waals surface area contributed by atoms with Crippen molar-refractivity contribution in [2.75, 3.05) is 5.32 Å². The van der Waals surface area contributed by atoms with Gasteiger partial charge in [0.05, 0.1) is 0 Å². The van der Waals surface area contributed by atoms with E-state index in [2.05, 4.69) is 36.2 Å². The maximum absolute atomic E-state index is 11.9. The summed E-state index contributed by atoms with van der Waals surface area (Å²) >= 11 is 0. The molecule has 0 saturated heterocycles. The summed E-state index contributed by atoms with van der Waals surface area (Å²) < 4.78 is 1.85. The van der Waals surface area contributed by atoms with Crippen molar-refractivity contribution >= 4 is 17.2 Å². The Bertz CT molecular complexity index is 589. The second kappa shape index (κ2) is 6.50. The normalized spacial score (nSPS) is 11.2. The van der Waals surface area contributed by atoms with Gasteiger partial charge in [-0.2, -0.15) is 5.10 Å². The van der Waals surface area contributed by atoms with Gasteiger partial charge in [0.25, 0.3) is 0 Å². The van der Waals surface area contributed by atoms with Crippen LogP contribution in [0.5, 0.6) is 0 Å². The second-order valence-electron chi connectivity index (χ2n) is 5.32. The van der Waals surface area contributed by atoms with Crippen LogP contribution < -0.4 is 5.32 Å². The molecule has 20 heavy (non-hydrogen) atoms. The Hall–Kier alpha value is -1.91. The minimum atomic E-state index is 0.0198. The summed E-state index contributed by atoms with van der Waals surface area (Å²) in [5, 5.41) is 7.15. The fourth-order valence-electron chi connectivity index (χ4n) is 2.22. The molecule has 0 aliphatic heterocycles. The number of hydrogen-bond donors (Lipinski definition) is 1. The molecule has 0 aliphatic carbocycles. The fourth-order valence-corrected chi connectivity index (χ4v) is 2.22. The van der Waals surface area contributed by atoms with Crippen LogP contribution in [0.25, 0.3) is 5.52 Å². The third kappa shape index (κ3) is 3.15. The number of carbonyl (C=O) groups is 1. The van der Waals surface area contributed by atoms with Gasteiger partial charge >= 0.3 is 0 Å². The van der Waals surface area contributed by atoms with Crippen LogP contribution in [-0.4, -0.2) is 20.5 Å². The minimum Gasteiger partial charge on any atom is -0.309 e. The highest BCUT2D eigenvalue weighted by Gasteiger charge is 2.12. The molecule has 2 rings (SSSR count). The predicted molar refractivity (Wildman–Crippen MR) is 79.8 cm³/mol. The van der Waals surface area contributed by atoms with Gasteiger partial charge in [-0.05, 0) is 24.5 Å². The molecule has 108 valence electrons. The molecule has 0 aromatic carbocycles. The lowest BCUT2D eigenvalue weighted by Gasteiger charge is -2.08. The lowest BCUT2D eigenvalue weighted by Crippen LogP contribution is -2.14. The highest BCUT2D eigenvalue weighted by atomic mass is 16.1. The highest BCUT2D eigenvalue weighted by Crippen LogP contribution is 2.21. The average molecular weight is 274 g/mol. The van der Waals surface area contributed by atoms with E-state index in [-0.39, 0.29) is 5.91 Å². The maximum atomic E-state index is 11.9. The van der Waals surface area contributed by atoms with Crippen molar-refractivity contribution in [1.82, 2.24) is 14.6 Å². The first-order chi connectivity index (χ1) is 9.63. The number of fused-ring (bicyclic) bond motifs is 1. The minimum absolute atomic E-state index is 0.0198. The van der Waals surface area contributed by atoms with Crippen molar-refractivity contribution in [2.24, 2.45) is 0 Å². The smallest absolute Gasteiger partial charge is 0.225 e. The number of nitrogens with zero attached hydrogens (tertiary/aromatic N) is 3. The molecule has 5 heteroatoms. The molecule has 5 nitrogen and oxygen atoms in total. The molecule has 0 spiro atoms. The molecule has 0 bridgehead atoms. The summed E-state index contributed by atoms with van der Waals surface area (Å²) in [4.78, 5) is 16.1. The summed E-state index contributed by atoms with van der Waals surface area (Å²) in [7, 11) is 0. The summed E-state index contributed by atoms with van der Waals surface area (Å²) in [6.07, 6.45) is 5.14. The van der Waals surface area contributed by atoms with Crippen LogP contribution in [-0.2, 0) is 4.79 Å². The van der Waals surface area contributed by atoms with E-state index in [1.165, 1.54) is 6.33 Å². The predicted octanol–water partition coefficient (Wildman–Crippen LogP) is 3.37. The van der Waals surface area contributed by atoms with Gasteiger partial charge in [-0.3, -0.25) is 4.79 Å². The van der Waals surface area contributed by atoms with E-state index in [0.29, 0.717) is 18.2 Å². The molecule has 0 fully saturated rings. The number of unbranched alkanes of at least 4 members (excludes halogenated alkanes) is 2. The van der Waals surface area contributed by atoms with Gasteiger partial charge in [0.2, 0.25) is 5.91 Å². The molecule has 2 aromatic heterocycles. The van der Waals surface area contributed by atoms with Crippen molar-refractivity contribution in [3.63, 3.8) is 0 Å². The van der Waals surface area contributed by atoms with E-state index in [0.717, 1.165) is 30.5 Å². The van der Waals surface area contributed by atoms with E-state index in [9.17, 15) is 4.79 Å². The molecule has 0 aliphatic rings. The molecule has 0 unspecified atom stereocenters. The van der Waals surface area contributed by atoms with Crippen LogP contribution in [0.4, 0.5) is 5.82 Å². The first-order valence-electron chi connectivity index (χ1n) is 7.26. The largest absolute Gasteiger partial charge is 0.309 e. The van der Waals surface area contributed by atoms with Crippen molar-refractivity contribution in [3.05, 3.63) is 24.2 Å². The van der Waals surface area contributed by atoms with Crippen LogP contribution >= 0.6 is 0 Å². The summed E-state index contributed by atoms with van der Waals surface area (Å²) in [6, 6.07) is 3.98. The van der Waals surface area contributed by atoms with E-state index in [1.54, 1.807) is 0 Å². The molecule has 0 saturated carbocycles. The molecule has 2 aromatic rings. The summed E-state index contributed by atoms with van der Waals surface area (Å²) in [5.74, 6) is 0.986. The molecule has 1 amide bonds. The lowest BCUT2D eigenvalue weighted by atomic mass is 10.1. The first kappa shape index (κ1) is 14.5. The van der Waals surface area contributed by atoms with Gasteiger partial charge in [-0.15, -0.1) is 0 Å². The number of hydrogen-bond acceptors (Lipinski definition) is 3. The Morgan fingerprint density at radius 1 is 1.35 bits per heavy atom. The lowest BCUT2D eigenvalue weighted by molar-refractivity contribution is -0.116. The standard InChI is InChI=1S/C15H22N4O/c1-4-5-6-7-14(20)18-15-13-9-8-12(11(2)3)19(13)17-10-16-15/h8-11H,4-7H2,1-3H3,(H,16,17,18,20). The third-order valence-corrected chi connectivity index (χ3v) is 3.34. The van der Waals surface area contributed by atoms with Gasteiger partial charge in [0.1, 0.15) is 11.8 Å². The zero-order valence-corrected chi connectivity index (χ0v) is 12.4. The quantitative estimate of drug-likeness (QED) is 0.821. The Kier molecular flexibility index (Phi) is 4.71. The van der Waals surface area contributed by atoms with Crippen LogP contribution in [0.15, 0.2) is 18.5 Å². The first-order valence-corrected chi connectivity index (χ1v) is 7.26. The Morgan fingerprint density at radius 3 is 2.85 bits per heavy atom. The van der Waals surface area contributed by atoms with E-state index in [4.69, 9.17) is 0 Å². The van der Waals surface area contributed by atoms with Crippen LogP contribution in [0.1, 0.15) is 58.1 Å². The number of carbonyl (C=O) groups excluding carboxylic acids is 1. The number of anilines is 1. The maximum Gasteiger partial charge on any atom is 0.225 e. The number of aromatic nitrogens is 3. The fraction of sp³-hybridized carbons (Fsp3) is 0.533. The molecule has 1 N–H and O–H groups in total. The van der Waals surface area contributed by atoms with Crippen molar-refractivity contribution in [3.8, 4) is 0 Å². The summed E-state index contributed by atoms with van der Waals surface area (Å²) in [6.45, 7) is 6.36. The topological polar surface area (TPSA) is 59.3 Å². The SMILES string of the molecule is CCCCCC(=O)Nc1ncnn2c(C(C)C)ccc12. The van der Waals surface area contributed by atoms with Gasteiger partial charge in [0, 0.05) is 12.1 Å². The number of nitrogens with one attached hydrogen (secondary N) is 1. The van der Waals surface area contributed by atoms with E-state index in [1.807, 2.05) is 16.6 Å². The van der Waals surface area contributed by atoms with Crippen molar-refractivity contribution < 1.29 is 4.79 Å². The molecule has 0 radical (unpaired) electrons. The molecular weight excluding hydrogens is 252 g/mol. The van der Waals surface area contributed by atoms with E-state index >= 15 is 0 Å². The van der Waals surface area contributed by atoms with E-state index < -0.39 is 0 Å². The Labute approximate surface area is 119 Å². The van der Waals surface area contributed by atoms with Gasteiger partial charge in [-0.1, -0.05) is 33.6 Å². The molecular formula is C15H22N4O. The van der Waals surface area contributed by atoms with Crippen LogP contribution in [0.3, 0.4) is 0 Å². The van der Waals surface area contributed by atoms with Crippen LogP contribution in [0, 0.1) is 0 Å². The Morgan fingerprint density at radius 2 is 2.15 bits per heavy atom. The molecule has 0 atom stereocenters. The van der Waals surface area contributed by atoms with Crippen molar-refractivity contribution in [2.45, 2.75) is 52.4 Å². The molecule has 2 heterocycles. The van der Waals surface area contributed by atoms with Crippen LogP contribution in [0.2, 0.25) is 0 Å². The zero-order valence-electron chi connectivity index (χ0n) is 12.4. The van der Waals surface area contributed by atoms with Crippen molar-refractivity contribution in [1.29, 1.82) is 0 Å². The Balaban J connectivity index is 2.16.